The highest BCUT2D eigenvalue weighted by Crippen LogP contribution is 2.20. The Labute approximate surface area is 93.1 Å². The van der Waals surface area contributed by atoms with Crippen LogP contribution in [0.3, 0.4) is 0 Å². The van der Waals surface area contributed by atoms with Crippen molar-refractivity contribution in [2.24, 2.45) is 16.6 Å². The van der Waals surface area contributed by atoms with Gasteiger partial charge in [0.05, 0.1) is 6.54 Å². The summed E-state index contributed by atoms with van der Waals surface area (Å²) in [4.78, 5) is 6.90. The number of hydrogen-bond acceptors (Lipinski definition) is 3. The summed E-state index contributed by atoms with van der Waals surface area (Å²) in [6.07, 6.45) is 3.97. The molecule has 0 aromatic carbocycles. The molecular weight excluding hydrogens is 186 g/mol. The van der Waals surface area contributed by atoms with Crippen molar-refractivity contribution >= 4 is 5.71 Å². The molecule has 3 heteroatoms. The minimum Gasteiger partial charge on any atom is -0.404 e. The average molecular weight is 209 g/mol. The fraction of sp³-hybridized carbons (Fsp3) is 0.750. The minimum atomic E-state index is 0.477. The van der Waals surface area contributed by atoms with E-state index in [0.29, 0.717) is 12.0 Å². The molecule has 1 unspecified atom stereocenters. The SMILES string of the molecule is CC(C)/C(=C/N)C1=NCC(N(C)C)CC1. The molecule has 0 amide bonds. The molecule has 3 nitrogen and oxygen atoms in total. The van der Waals surface area contributed by atoms with Crippen LogP contribution < -0.4 is 5.73 Å². The molecule has 1 aliphatic heterocycles. The molecule has 15 heavy (non-hydrogen) atoms. The van der Waals surface area contributed by atoms with Crippen LogP contribution in [0.2, 0.25) is 0 Å². The van der Waals surface area contributed by atoms with Crippen LogP contribution in [0.1, 0.15) is 26.7 Å². The van der Waals surface area contributed by atoms with E-state index < -0.39 is 0 Å². The van der Waals surface area contributed by atoms with E-state index in [2.05, 4.69) is 37.8 Å². The van der Waals surface area contributed by atoms with Crippen molar-refractivity contribution in [3.05, 3.63) is 11.8 Å². The summed E-state index contributed by atoms with van der Waals surface area (Å²) in [7, 11) is 4.24. The predicted octanol–water partition coefficient (Wildman–Crippen LogP) is 1.65. The van der Waals surface area contributed by atoms with Gasteiger partial charge in [-0.2, -0.15) is 0 Å². The Bertz CT molecular complexity index is 264. The van der Waals surface area contributed by atoms with Gasteiger partial charge in [-0.25, -0.2) is 0 Å². The summed E-state index contributed by atoms with van der Waals surface area (Å²) in [5.74, 6) is 0.477. The molecule has 0 bridgehead atoms. The fourth-order valence-electron chi connectivity index (χ4n) is 1.97. The van der Waals surface area contributed by atoms with Crippen LogP contribution in [0.5, 0.6) is 0 Å². The third-order valence-electron chi connectivity index (χ3n) is 3.07. The van der Waals surface area contributed by atoms with Gasteiger partial charge in [0.1, 0.15) is 0 Å². The molecule has 1 aliphatic rings. The van der Waals surface area contributed by atoms with E-state index >= 15 is 0 Å². The molecule has 0 saturated heterocycles. The van der Waals surface area contributed by atoms with Gasteiger partial charge in [0.15, 0.2) is 0 Å². The molecule has 86 valence electrons. The molecule has 0 fully saturated rings. The highest BCUT2D eigenvalue weighted by molar-refractivity contribution is 6.00. The molecule has 0 aliphatic carbocycles. The van der Waals surface area contributed by atoms with Gasteiger partial charge in [0.25, 0.3) is 0 Å². The normalized spacial score (nSPS) is 23.5. The smallest absolute Gasteiger partial charge is 0.0548 e. The molecule has 1 heterocycles. The Kier molecular flexibility index (Phi) is 4.33. The maximum atomic E-state index is 5.65. The van der Waals surface area contributed by atoms with Gasteiger partial charge in [0, 0.05) is 11.8 Å². The first-order valence-electron chi connectivity index (χ1n) is 5.68. The van der Waals surface area contributed by atoms with Crippen molar-refractivity contribution in [2.45, 2.75) is 32.7 Å². The first-order chi connectivity index (χ1) is 7.06. The predicted molar refractivity (Wildman–Crippen MR) is 66.1 cm³/mol. The second-order valence-corrected chi connectivity index (χ2v) is 4.72. The maximum absolute atomic E-state index is 5.65. The van der Waals surface area contributed by atoms with Gasteiger partial charge in [-0.05, 0) is 44.6 Å². The Balaban J connectivity index is 2.68. The lowest BCUT2D eigenvalue weighted by Crippen LogP contribution is -2.34. The standard InChI is InChI=1S/C12H23N3/c1-9(2)11(7-13)12-6-5-10(8-14-12)15(3)4/h7,9-10H,5-6,8,13H2,1-4H3/b11-7-. The zero-order valence-corrected chi connectivity index (χ0v) is 10.3. The third-order valence-corrected chi connectivity index (χ3v) is 3.07. The van der Waals surface area contributed by atoms with E-state index in [1.165, 1.54) is 17.7 Å². The van der Waals surface area contributed by atoms with Crippen molar-refractivity contribution < 1.29 is 0 Å². The number of allylic oxidation sites excluding steroid dienone is 1. The first kappa shape index (κ1) is 12.2. The Morgan fingerprint density at radius 1 is 1.53 bits per heavy atom. The van der Waals surface area contributed by atoms with E-state index in [9.17, 15) is 0 Å². The molecule has 2 N–H and O–H groups in total. The lowest BCUT2D eigenvalue weighted by molar-refractivity contribution is 0.282. The lowest BCUT2D eigenvalue weighted by atomic mass is 9.92. The Morgan fingerprint density at radius 2 is 2.20 bits per heavy atom. The molecule has 0 aromatic rings. The lowest BCUT2D eigenvalue weighted by Gasteiger charge is -2.28. The van der Waals surface area contributed by atoms with Crippen LogP contribution >= 0.6 is 0 Å². The van der Waals surface area contributed by atoms with Crippen molar-refractivity contribution in [3.8, 4) is 0 Å². The number of rotatable bonds is 3. The van der Waals surface area contributed by atoms with Crippen LogP contribution in [-0.2, 0) is 0 Å². The monoisotopic (exact) mass is 209 g/mol. The molecule has 0 aromatic heterocycles. The van der Waals surface area contributed by atoms with Crippen LogP contribution in [0.25, 0.3) is 0 Å². The topological polar surface area (TPSA) is 41.6 Å². The van der Waals surface area contributed by atoms with Crippen LogP contribution in [0.15, 0.2) is 16.8 Å². The van der Waals surface area contributed by atoms with Gasteiger partial charge in [-0.1, -0.05) is 13.8 Å². The van der Waals surface area contributed by atoms with E-state index in [1.54, 1.807) is 6.20 Å². The van der Waals surface area contributed by atoms with Gasteiger partial charge >= 0.3 is 0 Å². The number of hydrogen-bond donors (Lipinski definition) is 1. The van der Waals surface area contributed by atoms with E-state index in [-0.39, 0.29) is 0 Å². The summed E-state index contributed by atoms with van der Waals surface area (Å²) in [5.41, 5.74) is 8.07. The van der Waals surface area contributed by atoms with E-state index in [4.69, 9.17) is 5.73 Å². The Morgan fingerprint density at radius 3 is 2.53 bits per heavy atom. The fourth-order valence-corrected chi connectivity index (χ4v) is 1.97. The number of nitrogens with two attached hydrogens (primary N) is 1. The molecule has 1 rings (SSSR count). The average Bonchev–Trinajstić information content (AvgIpc) is 2.19. The van der Waals surface area contributed by atoms with Crippen molar-refractivity contribution in [3.63, 3.8) is 0 Å². The summed E-state index contributed by atoms with van der Waals surface area (Å²) in [6, 6.07) is 0.597. The van der Waals surface area contributed by atoms with Crippen LogP contribution in [-0.4, -0.2) is 37.3 Å². The van der Waals surface area contributed by atoms with Crippen molar-refractivity contribution in [1.82, 2.24) is 4.90 Å². The summed E-state index contributed by atoms with van der Waals surface area (Å²) < 4.78 is 0. The molecule has 0 saturated carbocycles. The number of likely N-dealkylation sites (N-methyl/N-ethyl adjacent to an activating group) is 1. The van der Waals surface area contributed by atoms with Gasteiger partial charge in [-0.3, -0.25) is 4.99 Å². The van der Waals surface area contributed by atoms with Crippen molar-refractivity contribution in [2.75, 3.05) is 20.6 Å². The minimum absolute atomic E-state index is 0.477. The zero-order chi connectivity index (χ0) is 11.4. The second-order valence-electron chi connectivity index (χ2n) is 4.72. The molecule has 0 radical (unpaired) electrons. The molecule has 0 spiro atoms. The molecular formula is C12H23N3. The maximum Gasteiger partial charge on any atom is 0.0548 e. The van der Waals surface area contributed by atoms with E-state index in [0.717, 1.165) is 13.0 Å². The quantitative estimate of drug-likeness (QED) is 0.768. The highest BCUT2D eigenvalue weighted by Gasteiger charge is 2.20. The largest absolute Gasteiger partial charge is 0.404 e. The summed E-state index contributed by atoms with van der Waals surface area (Å²) in [6.45, 7) is 5.24. The van der Waals surface area contributed by atoms with E-state index in [1.807, 2.05) is 0 Å². The summed E-state index contributed by atoms with van der Waals surface area (Å²) >= 11 is 0. The van der Waals surface area contributed by atoms with Gasteiger partial charge < -0.3 is 10.6 Å². The second kappa shape index (κ2) is 5.31. The van der Waals surface area contributed by atoms with Gasteiger partial charge in [-0.15, -0.1) is 0 Å². The third kappa shape index (κ3) is 3.06. The number of nitrogens with zero attached hydrogens (tertiary/aromatic N) is 2. The summed E-state index contributed by atoms with van der Waals surface area (Å²) in [5, 5.41) is 0. The zero-order valence-electron chi connectivity index (χ0n) is 10.3. The Hall–Kier alpha value is -0.830. The van der Waals surface area contributed by atoms with Crippen LogP contribution in [0.4, 0.5) is 0 Å². The number of aliphatic imine (C=N–C) groups is 1. The van der Waals surface area contributed by atoms with Gasteiger partial charge in [0.2, 0.25) is 0 Å². The van der Waals surface area contributed by atoms with Crippen molar-refractivity contribution in [1.29, 1.82) is 0 Å². The molecule has 1 atom stereocenters. The van der Waals surface area contributed by atoms with Crippen LogP contribution in [0, 0.1) is 5.92 Å². The highest BCUT2D eigenvalue weighted by atomic mass is 15.1. The first-order valence-corrected chi connectivity index (χ1v) is 5.68.